The van der Waals surface area contributed by atoms with Crippen LogP contribution in [0.3, 0.4) is 0 Å². The van der Waals surface area contributed by atoms with Gasteiger partial charge in [-0.1, -0.05) is 26.3 Å². The van der Waals surface area contributed by atoms with Gasteiger partial charge in [-0.2, -0.15) is 0 Å². The number of hydrogen-bond donors (Lipinski definition) is 0. The van der Waals surface area contributed by atoms with Crippen LogP contribution < -0.4 is 0 Å². The Morgan fingerprint density at radius 2 is 1.79 bits per heavy atom. The zero-order valence-corrected chi connectivity index (χ0v) is 12.4. The number of hydrogen-bond acceptors (Lipinski definition) is 3. The predicted molar refractivity (Wildman–Crippen MR) is 72.6 cm³/mol. The van der Waals surface area contributed by atoms with Crippen molar-refractivity contribution >= 4 is 5.78 Å². The van der Waals surface area contributed by atoms with Crippen molar-refractivity contribution in [3.8, 4) is 0 Å². The lowest BCUT2D eigenvalue weighted by Crippen LogP contribution is -2.51. The minimum atomic E-state index is -0.492. The summed E-state index contributed by atoms with van der Waals surface area (Å²) >= 11 is 0. The van der Waals surface area contributed by atoms with Crippen molar-refractivity contribution in [3.63, 3.8) is 0 Å². The molecule has 3 unspecified atom stereocenters. The molecule has 0 aromatic heterocycles. The number of ether oxygens (including phenoxy) is 2. The van der Waals surface area contributed by atoms with Crippen molar-refractivity contribution in [1.29, 1.82) is 0 Å². The molecule has 2 aliphatic carbocycles. The topological polar surface area (TPSA) is 35.5 Å². The number of fused-ring (bicyclic) bond motifs is 1. The van der Waals surface area contributed by atoms with Crippen molar-refractivity contribution in [3.05, 3.63) is 11.1 Å². The van der Waals surface area contributed by atoms with E-state index in [-0.39, 0.29) is 11.3 Å². The zero-order valence-electron chi connectivity index (χ0n) is 12.4. The largest absolute Gasteiger partial charge is 0.344 e. The van der Waals surface area contributed by atoms with Crippen LogP contribution in [0.1, 0.15) is 47.0 Å². The number of allylic oxidation sites excluding steroid dienone is 1. The van der Waals surface area contributed by atoms with Crippen molar-refractivity contribution in [2.24, 2.45) is 17.3 Å². The normalized spacial score (nSPS) is 41.8. The first kappa shape index (κ1) is 13.3. The molecule has 3 aliphatic rings. The van der Waals surface area contributed by atoms with Crippen LogP contribution >= 0.6 is 0 Å². The predicted octanol–water partition coefficient (Wildman–Crippen LogP) is 3.09. The number of ketones is 1. The highest BCUT2D eigenvalue weighted by Gasteiger charge is 2.56. The van der Waals surface area contributed by atoms with Crippen LogP contribution in [-0.4, -0.2) is 24.8 Å². The second-order valence-corrected chi connectivity index (χ2v) is 6.63. The summed E-state index contributed by atoms with van der Waals surface area (Å²) in [5.41, 5.74) is 2.64. The lowest BCUT2D eigenvalue weighted by molar-refractivity contribution is -0.162. The van der Waals surface area contributed by atoms with E-state index in [0.717, 1.165) is 12.8 Å². The Morgan fingerprint density at radius 3 is 2.42 bits per heavy atom. The van der Waals surface area contributed by atoms with Gasteiger partial charge >= 0.3 is 0 Å². The molecule has 0 radical (unpaired) electrons. The first-order chi connectivity index (χ1) is 8.92. The summed E-state index contributed by atoms with van der Waals surface area (Å²) < 4.78 is 11.9. The highest BCUT2D eigenvalue weighted by Crippen LogP contribution is 2.58. The molecular formula is C16H24O3. The third kappa shape index (κ3) is 1.61. The molecule has 3 rings (SSSR count). The Bertz CT molecular complexity index is 445. The number of rotatable bonds is 0. The Morgan fingerprint density at radius 1 is 1.16 bits per heavy atom. The van der Waals surface area contributed by atoms with E-state index < -0.39 is 5.79 Å². The van der Waals surface area contributed by atoms with Crippen molar-refractivity contribution < 1.29 is 14.3 Å². The minimum absolute atomic E-state index is 0.0139. The molecule has 1 heterocycles. The van der Waals surface area contributed by atoms with Crippen LogP contribution in [-0.2, 0) is 14.3 Å². The summed E-state index contributed by atoms with van der Waals surface area (Å²) in [4.78, 5) is 12.1. The second kappa shape index (κ2) is 4.16. The molecule has 3 heteroatoms. The molecule has 2 fully saturated rings. The van der Waals surface area contributed by atoms with Crippen LogP contribution in [0.5, 0.6) is 0 Å². The van der Waals surface area contributed by atoms with Gasteiger partial charge in [-0.25, -0.2) is 0 Å². The van der Waals surface area contributed by atoms with E-state index in [9.17, 15) is 4.79 Å². The average molecular weight is 264 g/mol. The molecule has 0 bridgehead atoms. The van der Waals surface area contributed by atoms with Crippen LogP contribution in [0.2, 0.25) is 0 Å². The van der Waals surface area contributed by atoms with E-state index in [1.54, 1.807) is 0 Å². The van der Waals surface area contributed by atoms with Crippen LogP contribution in [0.15, 0.2) is 11.1 Å². The van der Waals surface area contributed by atoms with Crippen LogP contribution in [0.4, 0.5) is 0 Å². The van der Waals surface area contributed by atoms with E-state index >= 15 is 0 Å². The Balaban J connectivity index is 2.11. The van der Waals surface area contributed by atoms with Gasteiger partial charge in [0.15, 0.2) is 5.79 Å². The summed E-state index contributed by atoms with van der Waals surface area (Å²) in [6, 6.07) is 0. The molecule has 1 aliphatic heterocycles. The Labute approximate surface area is 115 Å². The molecule has 0 N–H and O–H groups in total. The fraction of sp³-hybridized carbons (Fsp3) is 0.812. The highest BCUT2D eigenvalue weighted by atomic mass is 16.7. The summed E-state index contributed by atoms with van der Waals surface area (Å²) in [6.45, 7) is 10.1. The molecular weight excluding hydrogens is 240 g/mol. The van der Waals surface area contributed by atoms with Gasteiger partial charge in [0.05, 0.1) is 13.2 Å². The summed E-state index contributed by atoms with van der Waals surface area (Å²) in [5.74, 6) is 0.438. The van der Waals surface area contributed by atoms with Crippen molar-refractivity contribution in [2.75, 3.05) is 13.2 Å². The molecule has 3 atom stereocenters. The molecule has 106 valence electrons. The third-order valence-electron chi connectivity index (χ3n) is 6.03. The fourth-order valence-corrected chi connectivity index (χ4v) is 4.43. The Kier molecular flexibility index (Phi) is 2.92. The van der Waals surface area contributed by atoms with E-state index in [2.05, 4.69) is 27.7 Å². The molecule has 3 nitrogen and oxygen atoms in total. The monoisotopic (exact) mass is 264 g/mol. The van der Waals surface area contributed by atoms with Crippen molar-refractivity contribution in [1.82, 2.24) is 0 Å². The molecule has 0 aromatic rings. The van der Waals surface area contributed by atoms with E-state index in [1.807, 2.05) is 0 Å². The third-order valence-corrected chi connectivity index (χ3v) is 6.03. The fourth-order valence-electron chi connectivity index (χ4n) is 4.43. The van der Waals surface area contributed by atoms with E-state index in [0.29, 0.717) is 31.3 Å². The molecule has 19 heavy (non-hydrogen) atoms. The van der Waals surface area contributed by atoms with Gasteiger partial charge in [0.1, 0.15) is 5.78 Å². The molecule has 1 saturated carbocycles. The van der Waals surface area contributed by atoms with Gasteiger partial charge < -0.3 is 9.47 Å². The minimum Gasteiger partial charge on any atom is -0.344 e. The van der Waals surface area contributed by atoms with Crippen LogP contribution in [0.25, 0.3) is 0 Å². The summed E-state index contributed by atoms with van der Waals surface area (Å²) in [6.07, 6.45) is 2.42. The van der Waals surface area contributed by atoms with Crippen molar-refractivity contribution in [2.45, 2.75) is 52.7 Å². The maximum atomic E-state index is 12.1. The van der Waals surface area contributed by atoms with Gasteiger partial charge in [0.2, 0.25) is 0 Å². The highest BCUT2D eigenvalue weighted by molar-refractivity contribution is 5.84. The molecule has 0 amide bonds. The number of carbonyl (C=O) groups excluding carboxylic acids is 1. The van der Waals surface area contributed by atoms with Gasteiger partial charge in [0.25, 0.3) is 0 Å². The quantitative estimate of drug-likeness (QED) is 0.631. The van der Waals surface area contributed by atoms with E-state index in [1.165, 1.54) is 11.1 Å². The molecule has 1 saturated heterocycles. The first-order valence-corrected chi connectivity index (χ1v) is 7.43. The SMILES string of the molecule is CC1=C2CCC(=O)C(C)C2(C)C(C)CC12OCCO2. The van der Waals surface area contributed by atoms with Gasteiger partial charge in [0, 0.05) is 24.2 Å². The molecule has 1 spiro atoms. The average Bonchev–Trinajstić information content (AvgIpc) is 2.83. The maximum Gasteiger partial charge on any atom is 0.191 e. The van der Waals surface area contributed by atoms with Crippen LogP contribution in [0, 0.1) is 17.3 Å². The maximum absolute atomic E-state index is 12.1. The Hall–Kier alpha value is -0.670. The zero-order chi connectivity index (χ0) is 13.8. The number of Topliss-reactive ketones (excluding diaryl/α,β-unsaturated/α-hetero) is 1. The number of carbonyl (C=O) groups is 1. The standard InChI is InChI=1S/C16H24O3/c1-10-9-16(18-7-8-19-16)11(2)13-5-6-14(17)12(3)15(10,13)4/h10,12H,5-9H2,1-4H3. The summed E-state index contributed by atoms with van der Waals surface area (Å²) in [5, 5.41) is 0. The van der Waals surface area contributed by atoms with Gasteiger partial charge in [-0.15, -0.1) is 0 Å². The molecule has 0 aromatic carbocycles. The van der Waals surface area contributed by atoms with Gasteiger partial charge in [-0.3, -0.25) is 4.79 Å². The van der Waals surface area contributed by atoms with E-state index in [4.69, 9.17) is 9.47 Å². The smallest absolute Gasteiger partial charge is 0.191 e. The lowest BCUT2D eigenvalue weighted by atomic mass is 9.53. The first-order valence-electron chi connectivity index (χ1n) is 7.43. The lowest BCUT2D eigenvalue weighted by Gasteiger charge is -2.53. The second-order valence-electron chi connectivity index (χ2n) is 6.63. The summed E-state index contributed by atoms with van der Waals surface area (Å²) in [7, 11) is 0. The van der Waals surface area contributed by atoms with Gasteiger partial charge in [-0.05, 0) is 24.8 Å².